The van der Waals surface area contributed by atoms with Gasteiger partial charge in [-0.05, 0) is 12.1 Å². The Bertz CT molecular complexity index is 523. The number of aliphatic imine (C=N–C) groups is 1. The molecule has 0 aromatic heterocycles. The number of ether oxygens (including phenoxy) is 2. The molecule has 0 saturated heterocycles. The Morgan fingerprint density at radius 3 is 2.76 bits per heavy atom. The van der Waals surface area contributed by atoms with Crippen LogP contribution in [0.2, 0.25) is 0 Å². The van der Waals surface area contributed by atoms with Crippen LogP contribution in [-0.4, -0.2) is 43.4 Å². The van der Waals surface area contributed by atoms with Crippen LogP contribution in [0.15, 0.2) is 23.2 Å². The van der Waals surface area contributed by atoms with Crippen LogP contribution in [-0.2, 0) is 0 Å². The summed E-state index contributed by atoms with van der Waals surface area (Å²) in [4.78, 5) is 3.49. The second-order valence-electron chi connectivity index (χ2n) is 4.55. The fraction of sp³-hybridized carbons (Fsp3) is 0.462. The average molecular weight is 301 g/mol. The van der Waals surface area contributed by atoms with Gasteiger partial charge in [-0.25, -0.2) is 13.8 Å². The van der Waals surface area contributed by atoms with Gasteiger partial charge >= 0.3 is 0 Å². The monoisotopic (exact) mass is 301 g/mol. The minimum absolute atomic E-state index is 0.169. The van der Waals surface area contributed by atoms with Gasteiger partial charge < -0.3 is 25.6 Å². The number of aliphatic hydroxyl groups is 1. The maximum Gasteiger partial charge on any atom is 0.289 e. The van der Waals surface area contributed by atoms with E-state index in [1.807, 2.05) is 0 Å². The molecule has 0 unspecified atom stereocenters. The van der Waals surface area contributed by atoms with Crippen molar-refractivity contribution in [1.82, 2.24) is 0 Å². The number of nitrogens with zero attached hydrogens (tertiary/aromatic N) is 1. The van der Waals surface area contributed by atoms with Crippen LogP contribution in [0, 0.1) is 0 Å². The van der Waals surface area contributed by atoms with Gasteiger partial charge in [0.05, 0.1) is 13.2 Å². The molecule has 1 aromatic carbocycles. The number of nitrogens with one attached hydrogen (secondary N) is 1. The standard InChI is InChI=1S/C13H17F2N3O3/c14-13(15,8-19)7-17-12(16)18-9-2-3-10-11(6-9)21-5-1-4-20-10/h2-3,6,19H,1,4-5,7-8H2,(H3,16,17,18). The van der Waals surface area contributed by atoms with Crippen LogP contribution in [0.4, 0.5) is 14.5 Å². The van der Waals surface area contributed by atoms with Crippen LogP contribution in [0.3, 0.4) is 0 Å². The fourth-order valence-electron chi connectivity index (χ4n) is 1.68. The van der Waals surface area contributed by atoms with Gasteiger partial charge in [-0.3, -0.25) is 0 Å². The van der Waals surface area contributed by atoms with Gasteiger partial charge in [0.15, 0.2) is 17.5 Å². The molecule has 0 radical (unpaired) electrons. The lowest BCUT2D eigenvalue weighted by Gasteiger charge is -2.12. The highest BCUT2D eigenvalue weighted by Gasteiger charge is 2.27. The molecule has 1 aliphatic heterocycles. The molecule has 2 rings (SSSR count). The van der Waals surface area contributed by atoms with E-state index in [0.29, 0.717) is 30.4 Å². The molecule has 4 N–H and O–H groups in total. The largest absolute Gasteiger partial charge is 0.490 e. The van der Waals surface area contributed by atoms with Crippen molar-refractivity contribution in [3.63, 3.8) is 0 Å². The summed E-state index contributed by atoms with van der Waals surface area (Å²) >= 11 is 0. The van der Waals surface area contributed by atoms with E-state index < -0.39 is 19.1 Å². The fourth-order valence-corrected chi connectivity index (χ4v) is 1.68. The highest BCUT2D eigenvalue weighted by Crippen LogP contribution is 2.32. The Labute approximate surface area is 120 Å². The summed E-state index contributed by atoms with van der Waals surface area (Å²) in [5, 5.41) is 11.1. The number of aliphatic hydroxyl groups excluding tert-OH is 1. The molecule has 0 amide bonds. The number of halogens is 2. The van der Waals surface area contributed by atoms with E-state index in [0.717, 1.165) is 6.42 Å². The molecule has 6 nitrogen and oxygen atoms in total. The number of nitrogens with two attached hydrogens (primary N) is 1. The number of alkyl halides is 2. The topological polar surface area (TPSA) is 89.1 Å². The quantitative estimate of drug-likeness (QED) is 0.574. The highest BCUT2D eigenvalue weighted by molar-refractivity contribution is 5.92. The first kappa shape index (κ1) is 15.3. The lowest BCUT2D eigenvalue weighted by atomic mass is 10.3. The number of hydrogen-bond donors (Lipinski definition) is 3. The zero-order valence-electron chi connectivity index (χ0n) is 11.3. The Morgan fingerprint density at radius 1 is 1.33 bits per heavy atom. The minimum atomic E-state index is -3.28. The van der Waals surface area contributed by atoms with Gasteiger partial charge in [0.2, 0.25) is 0 Å². The molecule has 1 aromatic rings. The maximum absolute atomic E-state index is 12.8. The minimum Gasteiger partial charge on any atom is -0.490 e. The van der Waals surface area contributed by atoms with Crippen molar-refractivity contribution in [3.05, 3.63) is 18.2 Å². The Balaban J connectivity index is 2.02. The van der Waals surface area contributed by atoms with Gasteiger partial charge in [-0.2, -0.15) is 0 Å². The smallest absolute Gasteiger partial charge is 0.289 e. The second kappa shape index (κ2) is 6.57. The van der Waals surface area contributed by atoms with E-state index in [2.05, 4.69) is 10.3 Å². The molecule has 116 valence electrons. The molecular formula is C13H17F2N3O3. The summed E-state index contributed by atoms with van der Waals surface area (Å²) in [6.07, 6.45) is 0.789. The maximum atomic E-state index is 12.8. The summed E-state index contributed by atoms with van der Waals surface area (Å²) < 4.78 is 36.7. The third-order valence-corrected chi connectivity index (χ3v) is 2.73. The number of rotatable bonds is 4. The lowest BCUT2D eigenvalue weighted by Crippen LogP contribution is -2.29. The molecular weight excluding hydrogens is 284 g/mol. The Morgan fingerprint density at radius 2 is 2.05 bits per heavy atom. The molecule has 1 aliphatic rings. The first-order valence-electron chi connectivity index (χ1n) is 6.45. The van der Waals surface area contributed by atoms with Crippen molar-refractivity contribution in [2.24, 2.45) is 10.7 Å². The molecule has 0 fully saturated rings. The van der Waals surface area contributed by atoms with Gasteiger partial charge in [-0.15, -0.1) is 0 Å². The highest BCUT2D eigenvalue weighted by atomic mass is 19.3. The van der Waals surface area contributed by atoms with Crippen molar-refractivity contribution in [1.29, 1.82) is 0 Å². The first-order chi connectivity index (χ1) is 10.00. The van der Waals surface area contributed by atoms with Crippen LogP contribution in [0.25, 0.3) is 0 Å². The van der Waals surface area contributed by atoms with Crippen LogP contribution in [0.5, 0.6) is 11.5 Å². The molecule has 0 spiro atoms. The van der Waals surface area contributed by atoms with Crippen LogP contribution in [0.1, 0.15) is 6.42 Å². The third kappa shape index (κ3) is 4.45. The van der Waals surface area contributed by atoms with Gasteiger partial charge in [-0.1, -0.05) is 0 Å². The number of hydrogen-bond acceptors (Lipinski definition) is 4. The Hall–Kier alpha value is -2.09. The number of anilines is 1. The second-order valence-corrected chi connectivity index (χ2v) is 4.55. The summed E-state index contributed by atoms with van der Waals surface area (Å²) in [7, 11) is 0. The van der Waals surface area contributed by atoms with Gasteiger partial charge in [0, 0.05) is 18.2 Å². The number of benzene rings is 1. The van der Waals surface area contributed by atoms with Crippen molar-refractivity contribution in [2.45, 2.75) is 12.3 Å². The van der Waals surface area contributed by atoms with Crippen molar-refractivity contribution < 1.29 is 23.4 Å². The molecule has 0 bridgehead atoms. The first-order valence-corrected chi connectivity index (χ1v) is 6.45. The normalized spacial score (nSPS) is 15.5. The molecule has 1 heterocycles. The van der Waals surface area contributed by atoms with E-state index in [1.165, 1.54) is 0 Å². The summed E-state index contributed by atoms with van der Waals surface area (Å²) in [5.74, 6) is -2.26. The average Bonchev–Trinajstić information content (AvgIpc) is 2.70. The lowest BCUT2D eigenvalue weighted by molar-refractivity contribution is -0.0404. The predicted molar refractivity (Wildman–Crippen MR) is 74.2 cm³/mol. The summed E-state index contributed by atoms with van der Waals surface area (Å²) in [6, 6.07) is 5.05. The van der Waals surface area contributed by atoms with E-state index in [1.54, 1.807) is 18.2 Å². The summed E-state index contributed by atoms with van der Waals surface area (Å²) in [5.41, 5.74) is 6.08. The van der Waals surface area contributed by atoms with E-state index in [9.17, 15) is 8.78 Å². The van der Waals surface area contributed by atoms with Gasteiger partial charge in [0.1, 0.15) is 13.2 Å². The molecule has 21 heavy (non-hydrogen) atoms. The molecule has 0 saturated carbocycles. The number of guanidine groups is 1. The van der Waals surface area contributed by atoms with E-state index >= 15 is 0 Å². The molecule has 0 atom stereocenters. The van der Waals surface area contributed by atoms with Crippen LogP contribution >= 0.6 is 0 Å². The van der Waals surface area contributed by atoms with E-state index in [-0.39, 0.29) is 5.96 Å². The molecule has 0 aliphatic carbocycles. The Kier molecular flexibility index (Phi) is 4.79. The third-order valence-electron chi connectivity index (χ3n) is 2.73. The summed E-state index contributed by atoms with van der Waals surface area (Å²) in [6.45, 7) is -1.02. The van der Waals surface area contributed by atoms with Gasteiger partial charge in [0.25, 0.3) is 5.92 Å². The van der Waals surface area contributed by atoms with Crippen molar-refractivity contribution >= 4 is 11.6 Å². The zero-order valence-corrected chi connectivity index (χ0v) is 11.3. The number of fused-ring (bicyclic) bond motifs is 1. The van der Waals surface area contributed by atoms with E-state index in [4.69, 9.17) is 20.3 Å². The molecule has 8 heteroatoms. The SMILES string of the molecule is NC(=NCC(F)(F)CO)Nc1ccc2c(c1)OCCCO2. The zero-order chi connectivity index (χ0) is 15.3. The van der Waals surface area contributed by atoms with Crippen LogP contribution < -0.4 is 20.5 Å². The van der Waals surface area contributed by atoms with Crippen molar-refractivity contribution in [2.75, 3.05) is 31.7 Å². The van der Waals surface area contributed by atoms with Crippen molar-refractivity contribution in [3.8, 4) is 11.5 Å². The predicted octanol–water partition coefficient (Wildman–Crippen LogP) is 1.20.